The molecule has 0 aromatic heterocycles. The van der Waals surface area contributed by atoms with E-state index in [9.17, 15) is 13.2 Å². The number of fused-ring (bicyclic) bond motifs is 1. The summed E-state index contributed by atoms with van der Waals surface area (Å²) < 4.78 is 44.4. The van der Waals surface area contributed by atoms with E-state index in [1.54, 1.807) is 49.4 Å². The van der Waals surface area contributed by atoms with Gasteiger partial charge in [-0.25, -0.2) is 8.42 Å². The number of hydrogen-bond donors (Lipinski definition) is 2. The smallest absolute Gasteiger partial charge is 0.265 e. The summed E-state index contributed by atoms with van der Waals surface area (Å²) in [7, 11) is -3.82. The third-order valence-electron chi connectivity index (χ3n) is 4.65. The van der Waals surface area contributed by atoms with Gasteiger partial charge in [0.25, 0.3) is 15.9 Å². The van der Waals surface area contributed by atoms with Gasteiger partial charge in [-0.05, 0) is 55.5 Å². The molecule has 1 heterocycles. The van der Waals surface area contributed by atoms with Gasteiger partial charge < -0.3 is 19.5 Å². The molecule has 0 saturated heterocycles. The van der Waals surface area contributed by atoms with Crippen LogP contribution in [0, 0.1) is 0 Å². The number of para-hydroxylation sites is 1. The van der Waals surface area contributed by atoms with Crippen LogP contribution in [-0.2, 0) is 14.8 Å². The molecule has 1 amide bonds. The second-order valence-corrected chi connectivity index (χ2v) is 8.73. The van der Waals surface area contributed by atoms with Gasteiger partial charge >= 0.3 is 0 Å². The molecular formula is C23H22N2O6S. The summed E-state index contributed by atoms with van der Waals surface area (Å²) in [5.74, 6) is 1.18. The van der Waals surface area contributed by atoms with Gasteiger partial charge in [0.05, 0.1) is 4.90 Å². The van der Waals surface area contributed by atoms with Crippen molar-refractivity contribution in [2.75, 3.05) is 23.3 Å². The van der Waals surface area contributed by atoms with Crippen LogP contribution >= 0.6 is 0 Å². The second-order valence-electron chi connectivity index (χ2n) is 7.05. The molecule has 1 atom stereocenters. The summed E-state index contributed by atoms with van der Waals surface area (Å²) >= 11 is 0. The van der Waals surface area contributed by atoms with Crippen molar-refractivity contribution in [1.29, 1.82) is 0 Å². The summed E-state index contributed by atoms with van der Waals surface area (Å²) in [6.07, 6.45) is -0.703. The summed E-state index contributed by atoms with van der Waals surface area (Å²) in [4.78, 5) is 12.4. The number of rotatable bonds is 7. The van der Waals surface area contributed by atoms with Gasteiger partial charge in [0, 0.05) is 17.4 Å². The van der Waals surface area contributed by atoms with E-state index < -0.39 is 16.1 Å². The quantitative estimate of drug-likeness (QED) is 0.565. The van der Waals surface area contributed by atoms with Gasteiger partial charge in [0.2, 0.25) is 0 Å². The molecule has 0 fully saturated rings. The highest BCUT2D eigenvalue weighted by molar-refractivity contribution is 7.92. The average Bonchev–Trinajstić information content (AvgIpc) is 2.80. The van der Waals surface area contributed by atoms with Crippen LogP contribution in [0.4, 0.5) is 11.4 Å². The Balaban J connectivity index is 1.38. The van der Waals surface area contributed by atoms with Crippen LogP contribution in [0.25, 0.3) is 0 Å². The summed E-state index contributed by atoms with van der Waals surface area (Å²) in [6, 6.07) is 19.8. The van der Waals surface area contributed by atoms with Gasteiger partial charge in [0.1, 0.15) is 19.0 Å². The van der Waals surface area contributed by atoms with Crippen molar-refractivity contribution in [2.24, 2.45) is 0 Å². The van der Waals surface area contributed by atoms with Crippen molar-refractivity contribution in [2.45, 2.75) is 17.9 Å². The minimum absolute atomic E-state index is 0.0611. The zero-order valence-electron chi connectivity index (χ0n) is 17.3. The van der Waals surface area contributed by atoms with Crippen molar-refractivity contribution >= 4 is 27.3 Å². The standard InChI is InChI=1S/C23H22N2O6S/c1-16(31-19-5-3-2-4-6-19)23(26)24-17-7-9-18(10-8-17)25-32(27,28)20-11-12-21-22(15-20)30-14-13-29-21/h2-12,15-16,25H,13-14H2,1H3,(H,24,26). The van der Waals surface area contributed by atoms with Gasteiger partial charge in [-0.3, -0.25) is 9.52 Å². The van der Waals surface area contributed by atoms with E-state index in [2.05, 4.69) is 10.0 Å². The molecule has 32 heavy (non-hydrogen) atoms. The lowest BCUT2D eigenvalue weighted by Gasteiger charge is -2.19. The molecule has 2 N–H and O–H groups in total. The predicted molar refractivity (Wildman–Crippen MR) is 120 cm³/mol. The molecule has 1 aliphatic rings. The van der Waals surface area contributed by atoms with E-state index in [0.29, 0.717) is 41.8 Å². The van der Waals surface area contributed by atoms with Crippen LogP contribution in [-0.4, -0.2) is 33.6 Å². The molecule has 0 saturated carbocycles. The largest absolute Gasteiger partial charge is 0.486 e. The monoisotopic (exact) mass is 454 g/mol. The molecule has 1 unspecified atom stereocenters. The fourth-order valence-electron chi connectivity index (χ4n) is 3.03. The van der Waals surface area contributed by atoms with E-state index in [-0.39, 0.29) is 10.8 Å². The predicted octanol–water partition coefficient (Wildman–Crippen LogP) is 3.66. The number of carbonyl (C=O) groups is 1. The number of anilines is 2. The summed E-state index contributed by atoms with van der Waals surface area (Å²) in [5, 5.41) is 2.75. The lowest BCUT2D eigenvalue weighted by molar-refractivity contribution is -0.122. The second kappa shape index (κ2) is 9.19. The van der Waals surface area contributed by atoms with E-state index in [1.165, 1.54) is 12.1 Å². The van der Waals surface area contributed by atoms with Crippen molar-refractivity contribution in [3.05, 3.63) is 72.8 Å². The van der Waals surface area contributed by atoms with E-state index in [0.717, 1.165) is 0 Å². The van der Waals surface area contributed by atoms with Gasteiger partial charge in [-0.2, -0.15) is 0 Å². The van der Waals surface area contributed by atoms with Crippen molar-refractivity contribution < 1.29 is 27.4 Å². The topological polar surface area (TPSA) is 103 Å². The number of ether oxygens (including phenoxy) is 3. The highest BCUT2D eigenvalue weighted by Crippen LogP contribution is 2.32. The van der Waals surface area contributed by atoms with Crippen LogP contribution in [0.1, 0.15) is 6.92 Å². The number of benzene rings is 3. The Labute approximate surface area is 186 Å². The molecule has 0 aliphatic carbocycles. The zero-order valence-corrected chi connectivity index (χ0v) is 18.1. The van der Waals surface area contributed by atoms with Crippen molar-refractivity contribution in [1.82, 2.24) is 0 Å². The number of carbonyl (C=O) groups excluding carboxylic acids is 1. The van der Waals surface area contributed by atoms with Crippen molar-refractivity contribution in [3.8, 4) is 17.2 Å². The first kappa shape index (κ1) is 21.5. The number of nitrogens with one attached hydrogen (secondary N) is 2. The molecular weight excluding hydrogens is 432 g/mol. The maximum absolute atomic E-state index is 12.7. The lowest BCUT2D eigenvalue weighted by atomic mass is 10.2. The number of amides is 1. The first-order valence-electron chi connectivity index (χ1n) is 9.96. The zero-order chi connectivity index (χ0) is 22.6. The molecule has 0 bridgehead atoms. The van der Waals surface area contributed by atoms with Crippen LogP contribution in [0.3, 0.4) is 0 Å². The molecule has 0 spiro atoms. The molecule has 8 nitrogen and oxygen atoms in total. The van der Waals surface area contributed by atoms with E-state index in [4.69, 9.17) is 14.2 Å². The maximum Gasteiger partial charge on any atom is 0.265 e. The summed E-state index contributed by atoms with van der Waals surface area (Å²) in [5.41, 5.74) is 0.868. The first-order chi connectivity index (χ1) is 15.4. The highest BCUT2D eigenvalue weighted by Gasteiger charge is 2.20. The SMILES string of the molecule is CC(Oc1ccccc1)C(=O)Nc1ccc(NS(=O)(=O)c2ccc3c(c2)OCCO3)cc1. The maximum atomic E-state index is 12.7. The Bertz CT molecular complexity index is 1200. The third-order valence-corrected chi connectivity index (χ3v) is 6.03. The first-order valence-corrected chi connectivity index (χ1v) is 11.4. The molecule has 1 aliphatic heterocycles. The van der Waals surface area contributed by atoms with Crippen LogP contribution in [0.15, 0.2) is 77.7 Å². The van der Waals surface area contributed by atoms with Crippen molar-refractivity contribution in [3.63, 3.8) is 0 Å². The summed E-state index contributed by atoms with van der Waals surface area (Å²) in [6.45, 7) is 2.45. The van der Waals surface area contributed by atoms with Crippen LogP contribution < -0.4 is 24.2 Å². The normalized spacial score (nSPS) is 13.7. The van der Waals surface area contributed by atoms with E-state index >= 15 is 0 Å². The Hall–Kier alpha value is -3.72. The molecule has 9 heteroatoms. The molecule has 3 aromatic rings. The average molecular weight is 455 g/mol. The molecule has 0 radical (unpaired) electrons. The molecule has 166 valence electrons. The van der Waals surface area contributed by atoms with Crippen LogP contribution in [0.5, 0.6) is 17.2 Å². The Morgan fingerprint density at radius 1 is 0.906 bits per heavy atom. The van der Waals surface area contributed by atoms with Gasteiger partial charge in [-0.15, -0.1) is 0 Å². The number of hydrogen-bond acceptors (Lipinski definition) is 6. The highest BCUT2D eigenvalue weighted by atomic mass is 32.2. The van der Waals surface area contributed by atoms with Crippen LogP contribution in [0.2, 0.25) is 0 Å². The van der Waals surface area contributed by atoms with Gasteiger partial charge in [-0.1, -0.05) is 18.2 Å². The Morgan fingerprint density at radius 3 is 2.28 bits per heavy atom. The van der Waals surface area contributed by atoms with Gasteiger partial charge in [0.15, 0.2) is 17.6 Å². The Kier molecular flexibility index (Phi) is 6.18. The molecule has 4 rings (SSSR count). The fraction of sp³-hybridized carbons (Fsp3) is 0.174. The minimum Gasteiger partial charge on any atom is -0.486 e. The Morgan fingerprint density at radius 2 is 1.56 bits per heavy atom. The third kappa shape index (κ3) is 5.12. The molecule has 3 aromatic carbocycles. The lowest BCUT2D eigenvalue weighted by Crippen LogP contribution is -2.30. The minimum atomic E-state index is -3.82. The number of sulfonamides is 1. The van der Waals surface area contributed by atoms with E-state index in [1.807, 2.05) is 18.2 Å². The fourth-order valence-corrected chi connectivity index (χ4v) is 4.10.